The summed E-state index contributed by atoms with van der Waals surface area (Å²) in [6.07, 6.45) is 0.836. The Labute approximate surface area is 167 Å². The first-order chi connectivity index (χ1) is 12.9. The number of halogens is 1. The molecule has 3 aromatic rings. The van der Waals surface area contributed by atoms with Crippen LogP contribution in [0.3, 0.4) is 0 Å². The highest BCUT2D eigenvalue weighted by atomic mass is 35.5. The van der Waals surface area contributed by atoms with Crippen molar-refractivity contribution in [1.29, 1.82) is 0 Å². The van der Waals surface area contributed by atoms with Gasteiger partial charge in [-0.15, -0.1) is 11.3 Å². The summed E-state index contributed by atoms with van der Waals surface area (Å²) in [6, 6.07) is 9.71. The maximum atomic E-state index is 13.1. The second-order valence-electron chi connectivity index (χ2n) is 6.17. The van der Waals surface area contributed by atoms with Gasteiger partial charge in [0.05, 0.1) is 9.77 Å². The molecule has 27 heavy (non-hydrogen) atoms. The molecule has 0 aliphatic heterocycles. The molecular formula is C18H20ClN3O3S2. The third-order valence-corrected chi connectivity index (χ3v) is 6.56. The predicted molar refractivity (Wildman–Crippen MR) is 108 cm³/mol. The summed E-state index contributed by atoms with van der Waals surface area (Å²) in [6.45, 7) is 1.44. The molecule has 0 saturated heterocycles. The number of benzene rings is 1. The van der Waals surface area contributed by atoms with Crippen LogP contribution in [0.5, 0.6) is 0 Å². The number of oxazole rings is 1. The molecule has 0 aliphatic rings. The van der Waals surface area contributed by atoms with E-state index in [1.807, 2.05) is 31.6 Å². The molecule has 1 N–H and O–H groups in total. The fourth-order valence-corrected chi connectivity index (χ4v) is 4.48. The van der Waals surface area contributed by atoms with Crippen molar-refractivity contribution in [3.63, 3.8) is 0 Å². The van der Waals surface area contributed by atoms with Crippen molar-refractivity contribution in [2.75, 3.05) is 32.5 Å². The SMILES string of the molecule is CN(C)CCCNc1oc(-c2cccs2)nc1S(=O)(=O)c1ccc(Cl)cc1. The lowest BCUT2D eigenvalue weighted by atomic mass is 10.4. The molecule has 0 amide bonds. The molecule has 9 heteroatoms. The summed E-state index contributed by atoms with van der Waals surface area (Å²) < 4.78 is 31.9. The Morgan fingerprint density at radius 3 is 2.59 bits per heavy atom. The lowest BCUT2D eigenvalue weighted by Crippen LogP contribution is -2.17. The smallest absolute Gasteiger partial charge is 0.240 e. The van der Waals surface area contributed by atoms with Crippen LogP contribution in [0.25, 0.3) is 10.8 Å². The van der Waals surface area contributed by atoms with Gasteiger partial charge in [0.15, 0.2) is 0 Å². The molecule has 0 saturated carbocycles. The standard InChI is InChI=1S/C18H20ClN3O3S2/c1-22(2)11-4-10-20-17-18(21-16(25-17)15-5-3-12-26-15)27(23,24)14-8-6-13(19)7-9-14/h3,5-9,12,20H,4,10-11H2,1-2H3. The number of rotatable bonds is 8. The van der Waals surface area contributed by atoms with E-state index in [1.54, 1.807) is 12.1 Å². The Balaban J connectivity index is 1.95. The molecule has 144 valence electrons. The van der Waals surface area contributed by atoms with Crippen molar-refractivity contribution < 1.29 is 12.8 Å². The van der Waals surface area contributed by atoms with Gasteiger partial charge < -0.3 is 14.6 Å². The number of hydrogen-bond acceptors (Lipinski definition) is 7. The van der Waals surface area contributed by atoms with Crippen LogP contribution in [0.4, 0.5) is 5.88 Å². The van der Waals surface area contributed by atoms with Gasteiger partial charge in [-0.2, -0.15) is 4.98 Å². The lowest BCUT2D eigenvalue weighted by molar-refractivity contribution is 0.404. The lowest BCUT2D eigenvalue weighted by Gasteiger charge is -2.10. The van der Waals surface area contributed by atoms with Crippen LogP contribution in [-0.2, 0) is 9.84 Å². The van der Waals surface area contributed by atoms with E-state index in [0.29, 0.717) is 11.6 Å². The van der Waals surface area contributed by atoms with Gasteiger partial charge in [0.2, 0.25) is 26.6 Å². The van der Waals surface area contributed by atoms with E-state index in [-0.39, 0.29) is 21.7 Å². The molecule has 0 atom stereocenters. The molecule has 0 aliphatic carbocycles. The van der Waals surface area contributed by atoms with Crippen LogP contribution >= 0.6 is 22.9 Å². The summed E-state index contributed by atoms with van der Waals surface area (Å²) in [5, 5.41) is 5.32. The molecule has 0 bridgehead atoms. The number of nitrogens with one attached hydrogen (secondary N) is 1. The average molecular weight is 426 g/mol. The van der Waals surface area contributed by atoms with Gasteiger partial charge >= 0.3 is 0 Å². The van der Waals surface area contributed by atoms with E-state index in [1.165, 1.54) is 23.5 Å². The van der Waals surface area contributed by atoms with Gasteiger partial charge in [0.1, 0.15) is 0 Å². The largest absolute Gasteiger partial charge is 0.418 e. The van der Waals surface area contributed by atoms with Gasteiger partial charge in [0, 0.05) is 11.6 Å². The normalized spacial score (nSPS) is 11.9. The van der Waals surface area contributed by atoms with E-state index in [0.717, 1.165) is 17.8 Å². The van der Waals surface area contributed by atoms with Crippen LogP contribution in [-0.4, -0.2) is 45.5 Å². The Morgan fingerprint density at radius 1 is 1.22 bits per heavy atom. The first-order valence-corrected chi connectivity index (χ1v) is 11.1. The summed E-state index contributed by atoms with van der Waals surface area (Å²) >= 11 is 7.31. The fourth-order valence-electron chi connectivity index (χ4n) is 2.43. The number of thiophene rings is 1. The summed E-state index contributed by atoms with van der Waals surface area (Å²) in [7, 11) is 0.130. The van der Waals surface area contributed by atoms with Crippen molar-refractivity contribution in [3.8, 4) is 10.8 Å². The minimum absolute atomic E-state index is 0.113. The van der Waals surface area contributed by atoms with Gasteiger partial charge in [-0.1, -0.05) is 17.7 Å². The average Bonchev–Trinajstić information content (AvgIpc) is 3.28. The molecule has 3 rings (SSSR count). The third-order valence-electron chi connectivity index (χ3n) is 3.77. The molecule has 2 heterocycles. The Morgan fingerprint density at radius 2 is 1.96 bits per heavy atom. The number of aromatic nitrogens is 1. The Bertz CT molecular complexity index is 982. The zero-order chi connectivity index (χ0) is 19.4. The molecule has 2 aromatic heterocycles. The summed E-state index contributed by atoms with van der Waals surface area (Å²) in [4.78, 5) is 7.23. The van der Waals surface area contributed by atoms with Gasteiger partial charge in [-0.05, 0) is 62.8 Å². The number of sulfone groups is 1. The number of nitrogens with zero attached hydrogens (tertiary/aromatic N) is 2. The number of hydrogen-bond donors (Lipinski definition) is 1. The zero-order valence-corrected chi connectivity index (χ0v) is 17.4. The van der Waals surface area contributed by atoms with Crippen LogP contribution in [0.15, 0.2) is 56.1 Å². The topological polar surface area (TPSA) is 75.4 Å². The van der Waals surface area contributed by atoms with Crippen LogP contribution in [0.2, 0.25) is 5.02 Å². The minimum atomic E-state index is -3.84. The zero-order valence-electron chi connectivity index (χ0n) is 15.0. The minimum Gasteiger partial charge on any atom is -0.418 e. The maximum absolute atomic E-state index is 13.1. The van der Waals surface area contributed by atoms with E-state index >= 15 is 0 Å². The predicted octanol–water partition coefficient (Wildman–Crippen LogP) is 4.25. The quantitative estimate of drug-likeness (QED) is 0.543. The van der Waals surface area contributed by atoms with Crippen molar-refractivity contribution in [3.05, 3.63) is 46.8 Å². The van der Waals surface area contributed by atoms with Crippen LogP contribution in [0, 0.1) is 0 Å². The van der Waals surface area contributed by atoms with Gasteiger partial charge in [-0.25, -0.2) is 8.42 Å². The van der Waals surface area contributed by atoms with E-state index in [2.05, 4.69) is 15.2 Å². The van der Waals surface area contributed by atoms with E-state index in [9.17, 15) is 8.42 Å². The highest BCUT2D eigenvalue weighted by molar-refractivity contribution is 7.91. The van der Waals surface area contributed by atoms with Crippen LogP contribution < -0.4 is 5.32 Å². The number of anilines is 1. The molecule has 0 unspecified atom stereocenters. The summed E-state index contributed by atoms with van der Waals surface area (Å²) in [5.74, 6) is 0.444. The second-order valence-corrected chi connectivity index (χ2v) is 9.42. The molecule has 6 nitrogen and oxygen atoms in total. The summed E-state index contributed by atoms with van der Waals surface area (Å²) in [5.41, 5.74) is 0. The fraction of sp³-hybridized carbons (Fsp3) is 0.278. The first kappa shape index (κ1) is 19.9. The molecule has 0 radical (unpaired) electrons. The maximum Gasteiger partial charge on any atom is 0.240 e. The third kappa shape index (κ3) is 4.70. The van der Waals surface area contributed by atoms with Crippen LogP contribution in [0.1, 0.15) is 6.42 Å². The van der Waals surface area contributed by atoms with Crippen molar-refractivity contribution in [2.24, 2.45) is 0 Å². The van der Waals surface area contributed by atoms with E-state index in [4.69, 9.17) is 16.0 Å². The highest BCUT2D eigenvalue weighted by Gasteiger charge is 2.28. The van der Waals surface area contributed by atoms with Gasteiger partial charge in [-0.3, -0.25) is 0 Å². The van der Waals surface area contributed by atoms with Crippen molar-refractivity contribution in [1.82, 2.24) is 9.88 Å². The molecular weight excluding hydrogens is 406 g/mol. The van der Waals surface area contributed by atoms with Gasteiger partial charge in [0.25, 0.3) is 0 Å². The van der Waals surface area contributed by atoms with E-state index < -0.39 is 9.84 Å². The van der Waals surface area contributed by atoms with Crippen molar-refractivity contribution >= 4 is 38.7 Å². The second kappa shape index (κ2) is 8.43. The monoisotopic (exact) mass is 425 g/mol. The molecule has 1 aromatic carbocycles. The molecule has 0 fully saturated rings. The highest BCUT2D eigenvalue weighted by Crippen LogP contribution is 2.34. The Kier molecular flexibility index (Phi) is 6.21. The Hall–Kier alpha value is -1.87. The molecule has 0 spiro atoms. The first-order valence-electron chi connectivity index (χ1n) is 8.32. The van der Waals surface area contributed by atoms with Crippen molar-refractivity contribution in [2.45, 2.75) is 16.3 Å².